The number of alkyl halides is 1. The Balaban J connectivity index is 2.21. The van der Waals surface area contributed by atoms with E-state index in [1.165, 1.54) is 0 Å². The summed E-state index contributed by atoms with van der Waals surface area (Å²) in [7, 11) is 0. The Morgan fingerprint density at radius 2 is 1.67 bits per heavy atom. The second kappa shape index (κ2) is 6.22. The standard InChI is InChI=1S/C16H11BrCl2N2/c17-13-8-4-5-9-14(13)21-16(19)12(10-18)15(20-21)11-6-2-1-3-7-11/h1-9H,10H2. The van der Waals surface area contributed by atoms with Crippen molar-refractivity contribution >= 4 is 39.1 Å². The molecule has 0 spiro atoms. The van der Waals surface area contributed by atoms with Crippen LogP contribution in [-0.2, 0) is 5.88 Å². The zero-order valence-electron chi connectivity index (χ0n) is 10.9. The van der Waals surface area contributed by atoms with Crippen molar-refractivity contribution in [1.29, 1.82) is 0 Å². The Kier molecular flexibility index (Phi) is 4.34. The maximum absolute atomic E-state index is 6.48. The SMILES string of the molecule is ClCc1c(-c2ccccc2)nn(-c2ccccc2Br)c1Cl. The van der Waals surface area contributed by atoms with Gasteiger partial charge in [0.05, 0.1) is 17.3 Å². The summed E-state index contributed by atoms with van der Waals surface area (Å²) in [5.74, 6) is 0.313. The molecule has 0 aliphatic rings. The molecule has 0 amide bonds. The fourth-order valence-electron chi connectivity index (χ4n) is 2.16. The number of hydrogen-bond acceptors (Lipinski definition) is 1. The highest BCUT2D eigenvalue weighted by Gasteiger charge is 2.18. The molecule has 1 aromatic heterocycles. The van der Waals surface area contributed by atoms with E-state index in [2.05, 4.69) is 21.0 Å². The van der Waals surface area contributed by atoms with Gasteiger partial charge in [-0.05, 0) is 28.1 Å². The Hall–Kier alpha value is -1.29. The lowest BCUT2D eigenvalue weighted by Gasteiger charge is -2.05. The third-order valence-electron chi connectivity index (χ3n) is 3.18. The molecule has 1 heterocycles. The molecule has 2 nitrogen and oxygen atoms in total. The van der Waals surface area contributed by atoms with Gasteiger partial charge in [-0.25, -0.2) is 4.68 Å². The second-order valence-electron chi connectivity index (χ2n) is 4.48. The molecule has 2 aromatic carbocycles. The first-order valence-electron chi connectivity index (χ1n) is 6.36. The molecule has 0 saturated heterocycles. The van der Waals surface area contributed by atoms with E-state index in [4.69, 9.17) is 23.2 Å². The minimum Gasteiger partial charge on any atom is -0.220 e. The molecule has 0 aliphatic carbocycles. The molecule has 0 atom stereocenters. The first-order chi connectivity index (χ1) is 10.2. The monoisotopic (exact) mass is 380 g/mol. The summed E-state index contributed by atoms with van der Waals surface area (Å²) in [4.78, 5) is 0. The first kappa shape index (κ1) is 14.6. The number of rotatable bonds is 3. The maximum Gasteiger partial charge on any atom is 0.137 e. The van der Waals surface area contributed by atoms with Crippen LogP contribution in [0.5, 0.6) is 0 Å². The Morgan fingerprint density at radius 3 is 2.33 bits per heavy atom. The number of hydrogen-bond donors (Lipinski definition) is 0. The summed E-state index contributed by atoms with van der Waals surface area (Å²) in [6.07, 6.45) is 0. The summed E-state index contributed by atoms with van der Waals surface area (Å²) >= 11 is 16.1. The van der Waals surface area contributed by atoms with E-state index in [0.29, 0.717) is 11.0 Å². The molecule has 0 radical (unpaired) electrons. The van der Waals surface area contributed by atoms with Crippen LogP contribution in [0.25, 0.3) is 16.9 Å². The lowest BCUT2D eigenvalue weighted by atomic mass is 10.1. The molecule has 0 bridgehead atoms. The van der Waals surface area contributed by atoms with Crippen LogP contribution in [-0.4, -0.2) is 9.78 Å². The van der Waals surface area contributed by atoms with E-state index in [1.54, 1.807) is 4.68 Å². The van der Waals surface area contributed by atoms with Gasteiger partial charge in [0.15, 0.2) is 0 Å². The average molecular weight is 382 g/mol. The topological polar surface area (TPSA) is 17.8 Å². The summed E-state index contributed by atoms with van der Waals surface area (Å²) in [5, 5.41) is 5.19. The van der Waals surface area contributed by atoms with Crippen molar-refractivity contribution in [3.05, 3.63) is 69.8 Å². The maximum atomic E-state index is 6.48. The van der Waals surface area contributed by atoms with Crippen LogP contribution < -0.4 is 0 Å². The van der Waals surface area contributed by atoms with Gasteiger partial charge in [-0.2, -0.15) is 5.10 Å². The number of benzene rings is 2. The molecule has 0 fully saturated rings. The van der Waals surface area contributed by atoms with Crippen LogP contribution in [0, 0.1) is 0 Å². The molecule has 106 valence electrons. The second-order valence-corrected chi connectivity index (χ2v) is 5.96. The fraction of sp³-hybridized carbons (Fsp3) is 0.0625. The summed E-state index contributed by atoms with van der Waals surface area (Å²) < 4.78 is 2.64. The number of aromatic nitrogens is 2. The Bertz CT molecular complexity index is 769. The van der Waals surface area contributed by atoms with Gasteiger partial charge >= 0.3 is 0 Å². The predicted octanol–water partition coefficient (Wildman–Crippen LogP) is 5.69. The van der Waals surface area contributed by atoms with E-state index in [-0.39, 0.29) is 0 Å². The summed E-state index contributed by atoms with van der Waals surface area (Å²) in [6.45, 7) is 0. The van der Waals surface area contributed by atoms with Crippen LogP contribution in [0.2, 0.25) is 5.15 Å². The minimum atomic E-state index is 0.313. The quantitative estimate of drug-likeness (QED) is 0.532. The molecule has 0 N–H and O–H groups in total. The highest BCUT2D eigenvalue weighted by atomic mass is 79.9. The van der Waals surface area contributed by atoms with Gasteiger partial charge in [0.2, 0.25) is 0 Å². The van der Waals surface area contributed by atoms with Crippen LogP contribution in [0.3, 0.4) is 0 Å². The van der Waals surface area contributed by atoms with Gasteiger partial charge in [0.25, 0.3) is 0 Å². The van der Waals surface area contributed by atoms with Gasteiger partial charge < -0.3 is 0 Å². The van der Waals surface area contributed by atoms with E-state index in [0.717, 1.165) is 27.0 Å². The smallest absolute Gasteiger partial charge is 0.137 e. The molecule has 3 rings (SSSR count). The fourth-order valence-corrected chi connectivity index (χ4v) is 3.22. The summed E-state index contributed by atoms with van der Waals surface area (Å²) in [6, 6.07) is 17.7. The van der Waals surface area contributed by atoms with Gasteiger partial charge in [-0.15, -0.1) is 11.6 Å². The molecule has 5 heteroatoms. The largest absolute Gasteiger partial charge is 0.220 e. The van der Waals surface area contributed by atoms with Gasteiger partial charge in [-0.3, -0.25) is 0 Å². The molecule has 0 unspecified atom stereocenters. The van der Waals surface area contributed by atoms with E-state index in [1.807, 2.05) is 54.6 Å². The molecule has 21 heavy (non-hydrogen) atoms. The zero-order chi connectivity index (χ0) is 14.8. The van der Waals surface area contributed by atoms with Crippen molar-refractivity contribution in [2.24, 2.45) is 0 Å². The third kappa shape index (κ3) is 2.73. The highest BCUT2D eigenvalue weighted by Crippen LogP contribution is 2.33. The Morgan fingerprint density at radius 1 is 1.00 bits per heavy atom. The van der Waals surface area contributed by atoms with Crippen molar-refractivity contribution in [2.75, 3.05) is 0 Å². The molecule has 0 saturated carbocycles. The molecule has 0 aliphatic heterocycles. The van der Waals surface area contributed by atoms with Crippen molar-refractivity contribution in [1.82, 2.24) is 9.78 Å². The highest BCUT2D eigenvalue weighted by molar-refractivity contribution is 9.10. The molecular formula is C16H11BrCl2N2. The van der Waals surface area contributed by atoms with Crippen molar-refractivity contribution < 1.29 is 0 Å². The van der Waals surface area contributed by atoms with Gasteiger partial charge in [0.1, 0.15) is 5.15 Å². The minimum absolute atomic E-state index is 0.313. The van der Waals surface area contributed by atoms with Gasteiger partial charge in [0, 0.05) is 15.6 Å². The molecular weight excluding hydrogens is 371 g/mol. The lowest BCUT2D eigenvalue weighted by molar-refractivity contribution is 0.880. The van der Waals surface area contributed by atoms with Crippen LogP contribution >= 0.6 is 39.1 Å². The number of halogens is 3. The normalized spacial score (nSPS) is 10.8. The zero-order valence-corrected chi connectivity index (χ0v) is 14.0. The van der Waals surface area contributed by atoms with Gasteiger partial charge in [-0.1, -0.05) is 54.1 Å². The predicted molar refractivity (Wildman–Crippen MR) is 91.3 cm³/mol. The van der Waals surface area contributed by atoms with Crippen molar-refractivity contribution in [2.45, 2.75) is 5.88 Å². The van der Waals surface area contributed by atoms with Crippen molar-refractivity contribution in [3.63, 3.8) is 0 Å². The Labute approximate surface area is 141 Å². The van der Waals surface area contributed by atoms with Crippen LogP contribution in [0.15, 0.2) is 59.1 Å². The lowest BCUT2D eigenvalue weighted by Crippen LogP contribution is -1.97. The number of nitrogens with zero attached hydrogens (tertiary/aromatic N) is 2. The van der Waals surface area contributed by atoms with Crippen molar-refractivity contribution in [3.8, 4) is 16.9 Å². The van der Waals surface area contributed by atoms with E-state index < -0.39 is 0 Å². The van der Waals surface area contributed by atoms with E-state index in [9.17, 15) is 0 Å². The average Bonchev–Trinajstić information content (AvgIpc) is 2.85. The van der Waals surface area contributed by atoms with E-state index >= 15 is 0 Å². The third-order valence-corrected chi connectivity index (χ3v) is 4.51. The van der Waals surface area contributed by atoms with Crippen LogP contribution in [0.1, 0.15) is 5.56 Å². The van der Waals surface area contributed by atoms with Crippen LogP contribution in [0.4, 0.5) is 0 Å². The first-order valence-corrected chi connectivity index (χ1v) is 8.06. The number of para-hydroxylation sites is 1. The molecule has 3 aromatic rings. The summed E-state index contributed by atoms with van der Waals surface area (Å²) in [5.41, 5.74) is 3.53.